The molecule has 7 heteroatoms. The number of carboxylic acids is 1. The summed E-state index contributed by atoms with van der Waals surface area (Å²) in [6.07, 6.45) is 4.19. The number of methoxy groups -OCH3 is 1. The number of hydrogen-bond acceptors (Lipinski definition) is 5. The van der Waals surface area contributed by atoms with Crippen molar-refractivity contribution >= 4 is 17.8 Å². The first kappa shape index (κ1) is 25.7. The number of ether oxygens (including phenoxy) is 2. The lowest BCUT2D eigenvalue weighted by atomic mass is 9.85. The SMILES string of the molecule is COc1ccc(C)cc1CC(=O)Cc1ccc2c(c1)CCN(C(=O)OC1CCC(CC(=O)O)CC1)C2. The van der Waals surface area contributed by atoms with Crippen molar-refractivity contribution in [3.63, 3.8) is 0 Å². The third-order valence-electron chi connectivity index (χ3n) is 7.29. The Bertz CT molecular complexity index is 1120. The summed E-state index contributed by atoms with van der Waals surface area (Å²) in [7, 11) is 1.62. The van der Waals surface area contributed by atoms with Gasteiger partial charge >= 0.3 is 12.1 Å². The van der Waals surface area contributed by atoms with Crippen LogP contribution in [0.5, 0.6) is 5.75 Å². The first-order valence-electron chi connectivity index (χ1n) is 12.7. The molecule has 1 amide bonds. The summed E-state index contributed by atoms with van der Waals surface area (Å²) in [5.41, 5.74) is 5.25. The van der Waals surface area contributed by atoms with E-state index < -0.39 is 5.97 Å². The Morgan fingerprint density at radius 3 is 2.50 bits per heavy atom. The molecular weight excluding hydrogens is 458 g/mol. The fourth-order valence-corrected chi connectivity index (χ4v) is 5.34. The number of ketones is 1. The maximum Gasteiger partial charge on any atom is 0.410 e. The number of aryl methyl sites for hydroxylation is 1. The summed E-state index contributed by atoms with van der Waals surface area (Å²) in [5, 5.41) is 8.96. The largest absolute Gasteiger partial charge is 0.496 e. The lowest BCUT2D eigenvalue weighted by Gasteiger charge is -2.32. The number of carbonyl (C=O) groups excluding carboxylic acids is 2. The Hall–Kier alpha value is -3.35. The van der Waals surface area contributed by atoms with Crippen molar-refractivity contribution in [2.45, 2.75) is 70.9 Å². The maximum atomic E-state index is 12.8. The summed E-state index contributed by atoms with van der Waals surface area (Å²) in [5.74, 6) is 0.290. The molecule has 2 aliphatic rings. The molecule has 0 radical (unpaired) electrons. The van der Waals surface area contributed by atoms with Gasteiger partial charge in [-0.1, -0.05) is 35.9 Å². The summed E-state index contributed by atoms with van der Waals surface area (Å²) in [6.45, 7) is 3.08. The van der Waals surface area contributed by atoms with Gasteiger partial charge in [-0.25, -0.2) is 4.79 Å². The molecule has 0 spiro atoms. The molecule has 36 heavy (non-hydrogen) atoms. The van der Waals surface area contributed by atoms with Crippen LogP contribution in [-0.2, 0) is 40.1 Å². The molecule has 1 fully saturated rings. The smallest absolute Gasteiger partial charge is 0.410 e. The van der Waals surface area contributed by atoms with E-state index in [0.29, 0.717) is 25.9 Å². The van der Waals surface area contributed by atoms with Crippen LogP contribution < -0.4 is 4.74 Å². The highest BCUT2D eigenvalue weighted by atomic mass is 16.6. The minimum Gasteiger partial charge on any atom is -0.496 e. The predicted octanol–water partition coefficient (Wildman–Crippen LogP) is 4.89. The molecule has 1 N–H and O–H groups in total. The van der Waals surface area contributed by atoms with Crippen molar-refractivity contribution in [2.75, 3.05) is 13.7 Å². The number of fused-ring (bicyclic) bond motifs is 1. The minimum atomic E-state index is -0.763. The quantitative estimate of drug-likeness (QED) is 0.563. The van der Waals surface area contributed by atoms with Gasteiger partial charge in [0.15, 0.2) is 0 Å². The molecule has 7 nitrogen and oxygen atoms in total. The van der Waals surface area contributed by atoms with Gasteiger partial charge < -0.3 is 19.5 Å². The number of carbonyl (C=O) groups is 3. The topological polar surface area (TPSA) is 93.1 Å². The monoisotopic (exact) mass is 493 g/mol. The maximum absolute atomic E-state index is 12.8. The van der Waals surface area contributed by atoms with Gasteiger partial charge in [0.2, 0.25) is 0 Å². The van der Waals surface area contributed by atoms with Crippen molar-refractivity contribution in [2.24, 2.45) is 5.92 Å². The van der Waals surface area contributed by atoms with E-state index in [9.17, 15) is 14.4 Å². The lowest BCUT2D eigenvalue weighted by molar-refractivity contribution is -0.138. The van der Waals surface area contributed by atoms with Gasteiger partial charge in [0.25, 0.3) is 0 Å². The van der Waals surface area contributed by atoms with Crippen LogP contribution in [0.2, 0.25) is 0 Å². The van der Waals surface area contributed by atoms with Crippen LogP contribution in [-0.4, -0.2) is 47.6 Å². The van der Waals surface area contributed by atoms with Crippen LogP contribution in [0.3, 0.4) is 0 Å². The molecule has 0 saturated heterocycles. The second kappa shape index (κ2) is 11.6. The highest BCUT2D eigenvalue weighted by molar-refractivity contribution is 5.84. The van der Waals surface area contributed by atoms with Crippen molar-refractivity contribution in [1.29, 1.82) is 0 Å². The molecule has 0 unspecified atom stereocenters. The van der Waals surface area contributed by atoms with E-state index in [1.54, 1.807) is 12.0 Å². The number of amides is 1. The minimum absolute atomic E-state index is 0.135. The zero-order valence-electron chi connectivity index (χ0n) is 21.1. The summed E-state index contributed by atoms with van der Waals surface area (Å²) >= 11 is 0. The van der Waals surface area contributed by atoms with Crippen molar-refractivity contribution in [3.8, 4) is 5.75 Å². The fraction of sp³-hybridized carbons (Fsp3) is 0.483. The van der Waals surface area contributed by atoms with E-state index in [0.717, 1.165) is 60.1 Å². The third kappa shape index (κ3) is 6.65. The molecular formula is C29H35NO6. The third-order valence-corrected chi connectivity index (χ3v) is 7.29. The van der Waals surface area contributed by atoms with E-state index >= 15 is 0 Å². The number of rotatable bonds is 8. The lowest BCUT2D eigenvalue weighted by Crippen LogP contribution is -2.39. The zero-order valence-corrected chi connectivity index (χ0v) is 21.1. The second-order valence-electron chi connectivity index (χ2n) is 10.1. The van der Waals surface area contributed by atoms with Gasteiger partial charge in [0, 0.05) is 37.9 Å². The number of nitrogens with zero attached hydrogens (tertiary/aromatic N) is 1. The van der Waals surface area contributed by atoms with Gasteiger partial charge in [-0.15, -0.1) is 0 Å². The van der Waals surface area contributed by atoms with E-state index in [1.165, 1.54) is 5.56 Å². The van der Waals surface area contributed by atoms with Gasteiger partial charge in [-0.3, -0.25) is 9.59 Å². The second-order valence-corrected chi connectivity index (χ2v) is 10.1. The summed E-state index contributed by atoms with van der Waals surface area (Å²) in [4.78, 5) is 38.2. The molecule has 0 aromatic heterocycles. The molecule has 1 heterocycles. The first-order valence-corrected chi connectivity index (χ1v) is 12.7. The Balaban J connectivity index is 1.29. The van der Waals surface area contributed by atoms with Crippen LogP contribution in [0, 0.1) is 12.8 Å². The number of Topliss-reactive ketones (excluding diaryl/α,β-unsaturated/α-hetero) is 1. The van der Waals surface area contributed by atoms with Gasteiger partial charge in [0.1, 0.15) is 17.6 Å². The van der Waals surface area contributed by atoms with Crippen LogP contribution in [0.1, 0.15) is 59.9 Å². The zero-order chi connectivity index (χ0) is 25.7. The number of hydrogen-bond donors (Lipinski definition) is 1. The normalized spacial score (nSPS) is 19.3. The van der Waals surface area contributed by atoms with Crippen LogP contribution in [0.25, 0.3) is 0 Å². The summed E-state index contributed by atoms with van der Waals surface area (Å²) < 4.78 is 11.1. The van der Waals surface area contributed by atoms with Crippen LogP contribution in [0.15, 0.2) is 36.4 Å². The average Bonchev–Trinajstić information content (AvgIpc) is 2.84. The predicted molar refractivity (Wildman–Crippen MR) is 135 cm³/mol. The highest BCUT2D eigenvalue weighted by Gasteiger charge is 2.28. The Morgan fingerprint density at radius 1 is 1.00 bits per heavy atom. The molecule has 2 aromatic rings. The van der Waals surface area contributed by atoms with Crippen molar-refractivity contribution < 1.29 is 29.0 Å². The highest BCUT2D eigenvalue weighted by Crippen LogP contribution is 2.30. The molecule has 2 aromatic carbocycles. The Morgan fingerprint density at radius 2 is 1.78 bits per heavy atom. The van der Waals surface area contributed by atoms with Crippen LogP contribution >= 0.6 is 0 Å². The molecule has 0 atom stereocenters. The molecule has 1 aliphatic heterocycles. The van der Waals surface area contributed by atoms with Gasteiger partial charge in [-0.2, -0.15) is 0 Å². The fourth-order valence-electron chi connectivity index (χ4n) is 5.34. The number of benzene rings is 2. The number of carboxylic acid groups (broad SMARTS) is 1. The van der Waals surface area contributed by atoms with E-state index in [2.05, 4.69) is 6.07 Å². The van der Waals surface area contributed by atoms with Gasteiger partial charge in [0.05, 0.1) is 7.11 Å². The molecule has 192 valence electrons. The number of aliphatic carboxylic acids is 1. The van der Waals surface area contributed by atoms with E-state index in [4.69, 9.17) is 14.6 Å². The molecule has 1 saturated carbocycles. The first-order chi connectivity index (χ1) is 17.3. The van der Waals surface area contributed by atoms with Crippen molar-refractivity contribution in [3.05, 3.63) is 64.2 Å². The average molecular weight is 494 g/mol. The van der Waals surface area contributed by atoms with E-state index in [1.807, 2.05) is 37.3 Å². The van der Waals surface area contributed by atoms with Crippen LogP contribution in [0.4, 0.5) is 4.79 Å². The van der Waals surface area contributed by atoms with Gasteiger partial charge in [-0.05, 0) is 67.7 Å². The van der Waals surface area contributed by atoms with E-state index in [-0.39, 0.29) is 30.3 Å². The molecule has 1 aliphatic carbocycles. The Kier molecular flexibility index (Phi) is 8.28. The molecule has 0 bridgehead atoms. The summed E-state index contributed by atoms with van der Waals surface area (Å²) in [6, 6.07) is 12.0. The Labute approximate surface area is 212 Å². The molecule has 4 rings (SSSR count). The van der Waals surface area contributed by atoms with Crippen molar-refractivity contribution in [1.82, 2.24) is 4.90 Å². The standard InChI is InChI=1S/C29H35NO6/c1-19-3-10-27(35-2)24(13-19)17-25(31)15-21-4-7-23-18-30(12-11-22(23)14-21)29(34)36-26-8-5-20(6-9-26)16-28(32)33/h3-4,7,10,13-14,20,26H,5-6,8-9,11-12,15-18H2,1-2H3,(H,32,33).